The highest BCUT2D eigenvalue weighted by molar-refractivity contribution is 5.92. The number of aryl methyl sites for hydroxylation is 1. The summed E-state index contributed by atoms with van der Waals surface area (Å²) in [5, 5.41) is 0.874. The molecule has 0 spiro atoms. The topological polar surface area (TPSA) is 70.0 Å². The molecular weight excluding hydrogens is 372 g/mol. The van der Waals surface area contributed by atoms with Gasteiger partial charge in [-0.3, -0.25) is 4.79 Å². The van der Waals surface area contributed by atoms with E-state index in [1.807, 2.05) is 37.3 Å². The molecule has 0 unspecified atom stereocenters. The van der Waals surface area contributed by atoms with Crippen molar-refractivity contribution in [3.8, 4) is 17.2 Å². The average molecular weight is 396 g/mol. The molecule has 7 nitrogen and oxygen atoms in total. The first kappa shape index (κ1) is 20.3. The van der Waals surface area contributed by atoms with Crippen molar-refractivity contribution in [3.63, 3.8) is 0 Å². The summed E-state index contributed by atoms with van der Waals surface area (Å²) in [6.45, 7) is 2.69. The fourth-order valence-corrected chi connectivity index (χ4v) is 3.09. The minimum atomic E-state index is -0.522. The van der Waals surface area contributed by atoms with Crippen LogP contribution in [0.5, 0.6) is 17.2 Å². The van der Waals surface area contributed by atoms with Crippen LogP contribution < -0.4 is 19.8 Å². The van der Waals surface area contributed by atoms with Crippen LogP contribution >= 0.6 is 0 Å². The van der Waals surface area contributed by atoms with E-state index in [2.05, 4.69) is 0 Å². The van der Waals surface area contributed by atoms with Crippen molar-refractivity contribution in [1.82, 2.24) is 9.47 Å². The first-order chi connectivity index (χ1) is 14.0. The van der Waals surface area contributed by atoms with Crippen LogP contribution in [0.1, 0.15) is 12.5 Å². The largest absolute Gasteiger partial charge is 0.493 e. The van der Waals surface area contributed by atoms with Gasteiger partial charge in [-0.15, -0.1) is 0 Å². The standard InChI is InChI=1S/C22H24N2O5/c1-5-24-14-20(29-22(26)23(2)13-15-9-7-6-8-10-15)16-11-18(27-3)19(28-4)12-17(16)21(24)25/h6-12,14H,5,13H2,1-4H3. The van der Waals surface area contributed by atoms with Gasteiger partial charge in [-0.2, -0.15) is 0 Å². The molecule has 0 aliphatic heterocycles. The highest BCUT2D eigenvalue weighted by Gasteiger charge is 2.18. The van der Waals surface area contributed by atoms with Gasteiger partial charge in [0.15, 0.2) is 17.2 Å². The molecule has 152 valence electrons. The number of amides is 1. The number of nitrogens with zero attached hydrogens (tertiary/aromatic N) is 2. The quantitative estimate of drug-likeness (QED) is 0.636. The number of rotatable bonds is 6. The summed E-state index contributed by atoms with van der Waals surface area (Å²) in [5.41, 5.74) is 0.794. The first-order valence-corrected chi connectivity index (χ1v) is 9.24. The molecule has 0 radical (unpaired) electrons. The highest BCUT2D eigenvalue weighted by atomic mass is 16.6. The Balaban J connectivity index is 2.00. The van der Waals surface area contributed by atoms with E-state index < -0.39 is 6.09 Å². The molecule has 0 aliphatic rings. The molecule has 2 aromatic carbocycles. The van der Waals surface area contributed by atoms with E-state index in [0.717, 1.165) is 5.56 Å². The van der Waals surface area contributed by atoms with Crippen molar-refractivity contribution in [3.05, 3.63) is 64.6 Å². The lowest BCUT2D eigenvalue weighted by atomic mass is 10.1. The van der Waals surface area contributed by atoms with Crippen LogP contribution in [0.15, 0.2) is 53.5 Å². The predicted octanol–water partition coefficient (Wildman–Crippen LogP) is 3.67. The number of ether oxygens (including phenoxy) is 3. The number of aromatic nitrogens is 1. The molecule has 0 bridgehead atoms. The number of benzene rings is 2. The van der Waals surface area contributed by atoms with Gasteiger partial charge in [-0.05, 0) is 24.6 Å². The Hall–Kier alpha value is -3.48. The summed E-state index contributed by atoms with van der Waals surface area (Å²) in [6, 6.07) is 12.9. The minimum absolute atomic E-state index is 0.194. The molecule has 7 heteroatoms. The fraction of sp³-hybridized carbons (Fsp3) is 0.273. The van der Waals surface area contributed by atoms with E-state index in [1.165, 1.54) is 23.7 Å². The number of methoxy groups -OCH3 is 2. The predicted molar refractivity (Wildman–Crippen MR) is 111 cm³/mol. The fourth-order valence-electron chi connectivity index (χ4n) is 3.09. The molecule has 0 fully saturated rings. The zero-order valence-electron chi connectivity index (χ0n) is 17.0. The second kappa shape index (κ2) is 8.68. The summed E-state index contributed by atoms with van der Waals surface area (Å²) in [6.07, 6.45) is 1.02. The zero-order chi connectivity index (χ0) is 21.0. The van der Waals surface area contributed by atoms with Gasteiger partial charge in [-0.25, -0.2) is 4.79 Å². The Morgan fingerprint density at radius 1 is 1.00 bits per heavy atom. The van der Waals surface area contributed by atoms with Gasteiger partial charge in [0.25, 0.3) is 5.56 Å². The second-order valence-corrected chi connectivity index (χ2v) is 6.55. The van der Waals surface area contributed by atoms with E-state index >= 15 is 0 Å². The molecule has 0 saturated heterocycles. The van der Waals surface area contributed by atoms with Crippen LogP contribution in [0.2, 0.25) is 0 Å². The Bertz CT molecular complexity index is 1080. The van der Waals surface area contributed by atoms with Crippen LogP contribution in [0.3, 0.4) is 0 Å². The lowest BCUT2D eigenvalue weighted by molar-refractivity contribution is 0.161. The van der Waals surface area contributed by atoms with Crippen molar-refractivity contribution < 1.29 is 19.0 Å². The van der Waals surface area contributed by atoms with Gasteiger partial charge in [0.1, 0.15) is 0 Å². The average Bonchev–Trinajstić information content (AvgIpc) is 2.75. The van der Waals surface area contributed by atoms with Crippen molar-refractivity contribution in [2.45, 2.75) is 20.0 Å². The number of hydrogen-bond acceptors (Lipinski definition) is 5. The number of hydrogen-bond donors (Lipinski definition) is 0. The van der Waals surface area contributed by atoms with Crippen LogP contribution in [-0.4, -0.2) is 36.8 Å². The van der Waals surface area contributed by atoms with Gasteiger partial charge >= 0.3 is 6.09 Å². The summed E-state index contributed by atoms with van der Waals surface area (Å²) in [5.74, 6) is 1.17. The number of fused-ring (bicyclic) bond motifs is 1. The summed E-state index contributed by atoms with van der Waals surface area (Å²) < 4.78 is 17.8. The highest BCUT2D eigenvalue weighted by Crippen LogP contribution is 2.35. The Labute approximate surface area is 169 Å². The van der Waals surface area contributed by atoms with Crippen LogP contribution in [0.25, 0.3) is 10.8 Å². The Kier molecular flexibility index (Phi) is 6.07. The Morgan fingerprint density at radius 3 is 2.21 bits per heavy atom. The minimum Gasteiger partial charge on any atom is -0.493 e. The number of pyridine rings is 1. The van der Waals surface area contributed by atoms with Gasteiger partial charge in [0.2, 0.25) is 0 Å². The molecule has 0 aliphatic carbocycles. The summed E-state index contributed by atoms with van der Waals surface area (Å²) >= 11 is 0. The Morgan fingerprint density at radius 2 is 1.62 bits per heavy atom. The first-order valence-electron chi connectivity index (χ1n) is 9.24. The monoisotopic (exact) mass is 396 g/mol. The smallest absolute Gasteiger partial charge is 0.415 e. The molecule has 0 saturated carbocycles. The van der Waals surface area contributed by atoms with Gasteiger partial charge in [0, 0.05) is 25.5 Å². The molecule has 3 aromatic rings. The third-order valence-electron chi connectivity index (χ3n) is 4.67. The molecule has 3 rings (SSSR count). The lowest BCUT2D eigenvalue weighted by Crippen LogP contribution is -2.30. The SMILES string of the molecule is CCn1cc(OC(=O)N(C)Cc2ccccc2)c2cc(OC)c(OC)cc2c1=O. The van der Waals surface area contributed by atoms with E-state index in [-0.39, 0.29) is 11.3 Å². The number of carbonyl (C=O) groups is 1. The van der Waals surface area contributed by atoms with E-state index in [4.69, 9.17) is 14.2 Å². The van der Waals surface area contributed by atoms with Crippen LogP contribution in [0, 0.1) is 0 Å². The summed E-state index contributed by atoms with van der Waals surface area (Å²) in [7, 11) is 4.68. The third-order valence-corrected chi connectivity index (χ3v) is 4.67. The molecular formula is C22H24N2O5. The maximum Gasteiger partial charge on any atom is 0.415 e. The van der Waals surface area contributed by atoms with Crippen LogP contribution in [0.4, 0.5) is 4.79 Å². The third kappa shape index (κ3) is 4.18. The van der Waals surface area contributed by atoms with Crippen molar-refractivity contribution in [2.24, 2.45) is 0 Å². The van der Waals surface area contributed by atoms with Crippen molar-refractivity contribution >= 4 is 16.9 Å². The van der Waals surface area contributed by atoms with Gasteiger partial charge < -0.3 is 23.7 Å². The molecule has 29 heavy (non-hydrogen) atoms. The molecule has 1 heterocycles. The van der Waals surface area contributed by atoms with Crippen molar-refractivity contribution in [2.75, 3.05) is 21.3 Å². The molecule has 0 atom stereocenters. The van der Waals surface area contributed by atoms with E-state index in [9.17, 15) is 9.59 Å². The van der Waals surface area contributed by atoms with Gasteiger partial charge in [-0.1, -0.05) is 30.3 Å². The second-order valence-electron chi connectivity index (χ2n) is 6.55. The molecule has 1 aromatic heterocycles. The normalized spacial score (nSPS) is 10.6. The van der Waals surface area contributed by atoms with Gasteiger partial charge in [0.05, 0.1) is 25.8 Å². The molecule has 0 N–H and O–H groups in total. The zero-order valence-corrected chi connectivity index (χ0v) is 17.0. The number of carbonyl (C=O) groups excluding carboxylic acids is 1. The molecule has 1 amide bonds. The maximum atomic E-state index is 12.8. The summed E-state index contributed by atoms with van der Waals surface area (Å²) in [4.78, 5) is 26.9. The van der Waals surface area contributed by atoms with E-state index in [1.54, 1.807) is 25.4 Å². The lowest BCUT2D eigenvalue weighted by Gasteiger charge is -2.19. The van der Waals surface area contributed by atoms with E-state index in [0.29, 0.717) is 35.4 Å². The maximum absolute atomic E-state index is 12.8. The van der Waals surface area contributed by atoms with Crippen LogP contribution in [-0.2, 0) is 13.1 Å². The van der Waals surface area contributed by atoms with Crippen molar-refractivity contribution in [1.29, 1.82) is 0 Å².